The largest absolute Gasteiger partial charge is 0.493 e. The number of carbonyl (C=O) groups excluding carboxylic acids is 3. The number of hydrogen-bond acceptors (Lipinski definition) is 6. The number of halogens is 3. The van der Waals surface area contributed by atoms with Crippen molar-refractivity contribution < 1.29 is 23.9 Å². The van der Waals surface area contributed by atoms with Crippen LogP contribution < -0.4 is 20.2 Å². The Kier molecular flexibility index (Phi) is 8.64. The normalized spacial score (nSPS) is 10.6. The van der Waals surface area contributed by atoms with Crippen LogP contribution in [0.15, 0.2) is 70.2 Å². The van der Waals surface area contributed by atoms with E-state index in [9.17, 15) is 14.4 Å². The van der Waals surface area contributed by atoms with Crippen molar-refractivity contribution in [1.82, 2.24) is 5.43 Å². The quantitative estimate of drug-likeness (QED) is 0.143. The molecular weight excluding hydrogens is 549 g/mol. The molecule has 0 aromatic heterocycles. The molecule has 8 nitrogen and oxygen atoms in total. The third kappa shape index (κ3) is 6.57. The molecule has 0 unspecified atom stereocenters. The fraction of sp³-hybridized carbons (Fsp3) is 0.0435. The maximum atomic E-state index is 12.4. The summed E-state index contributed by atoms with van der Waals surface area (Å²) < 4.78 is 11.4. The predicted octanol–water partition coefficient (Wildman–Crippen LogP) is 5.07. The number of methoxy groups -OCH3 is 1. The Morgan fingerprint density at radius 1 is 0.971 bits per heavy atom. The van der Waals surface area contributed by atoms with E-state index in [1.807, 2.05) is 0 Å². The fourth-order valence-corrected chi connectivity index (χ4v) is 3.37. The summed E-state index contributed by atoms with van der Waals surface area (Å²) in [5.74, 6) is -2.08. The van der Waals surface area contributed by atoms with Crippen molar-refractivity contribution in [3.8, 4) is 11.5 Å². The monoisotopic (exact) mass is 563 g/mol. The van der Waals surface area contributed by atoms with Gasteiger partial charge in [0, 0.05) is 4.47 Å². The standard InChI is InChI=1S/C23H16BrCl2N3O5/c1-33-19-10-13(8-9-18(19)34-23(32)14-4-2-5-15(24)11-14)12-27-29-22(31)21(30)28-17-7-3-6-16(25)20(17)26/h2-12H,1H3,(H,28,30)(H,29,31)/b27-12+. The number of nitrogens with one attached hydrogen (secondary N) is 2. The van der Waals surface area contributed by atoms with Crippen LogP contribution in [0.2, 0.25) is 10.0 Å². The molecule has 0 aliphatic heterocycles. The van der Waals surface area contributed by atoms with Gasteiger partial charge in [-0.1, -0.05) is 51.3 Å². The first kappa shape index (κ1) is 25.2. The highest BCUT2D eigenvalue weighted by atomic mass is 79.9. The van der Waals surface area contributed by atoms with Gasteiger partial charge in [0.25, 0.3) is 0 Å². The lowest BCUT2D eigenvalue weighted by Crippen LogP contribution is -2.32. The molecule has 3 rings (SSSR count). The average Bonchev–Trinajstić information content (AvgIpc) is 2.82. The molecule has 0 atom stereocenters. The molecule has 2 N–H and O–H groups in total. The van der Waals surface area contributed by atoms with Gasteiger partial charge in [-0.15, -0.1) is 0 Å². The van der Waals surface area contributed by atoms with E-state index < -0.39 is 17.8 Å². The number of hydrogen-bond donors (Lipinski definition) is 2. The van der Waals surface area contributed by atoms with Gasteiger partial charge < -0.3 is 14.8 Å². The molecule has 0 bridgehead atoms. The molecular formula is C23H16BrCl2N3O5. The molecule has 11 heteroatoms. The van der Waals surface area contributed by atoms with Gasteiger partial charge >= 0.3 is 17.8 Å². The number of carbonyl (C=O) groups is 3. The number of nitrogens with zero attached hydrogens (tertiary/aromatic N) is 1. The van der Waals surface area contributed by atoms with Gasteiger partial charge in [-0.05, 0) is 54.1 Å². The Balaban J connectivity index is 1.62. The second kappa shape index (κ2) is 11.6. The van der Waals surface area contributed by atoms with Crippen LogP contribution in [0.3, 0.4) is 0 Å². The highest BCUT2D eigenvalue weighted by Gasteiger charge is 2.16. The summed E-state index contributed by atoms with van der Waals surface area (Å²) in [6.07, 6.45) is 1.29. The molecule has 0 fully saturated rings. The van der Waals surface area contributed by atoms with Crippen molar-refractivity contribution in [2.75, 3.05) is 12.4 Å². The smallest absolute Gasteiger partial charge is 0.343 e. The molecule has 3 aromatic rings. The van der Waals surface area contributed by atoms with Gasteiger partial charge in [-0.2, -0.15) is 5.10 Å². The summed E-state index contributed by atoms with van der Waals surface area (Å²) in [6.45, 7) is 0. The Morgan fingerprint density at radius 2 is 1.74 bits per heavy atom. The summed E-state index contributed by atoms with van der Waals surface area (Å²) in [5.41, 5.74) is 3.17. The van der Waals surface area contributed by atoms with E-state index >= 15 is 0 Å². The third-order valence-corrected chi connectivity index (χ3v) is 5.55. The Labute approximate surface area is 213 Å². The lowest BCUT2D eigenvalue weighted by atomic mass is 10.2. The molecule has 174 valence electrons. The number of anilines is 1. The van der Waals surface area contributed by atoms with E-state index in [2.05, 4.69) is 31.8 Å². The second-order valence-corrected chi connectivity index (χ2v) is 8.27. The lowest BCUT2D eigenvalue weighted by Gasteiger charge is -2.10. The zero-order chi connectivity index (χ0) is 24.7. The van der Waals surface area contributed by atoms with E-state index in [1.54, 1.807) is 48.5 Å². The number of hydrazone groups is 1. The van der Waals surface area contributed by atoms with Crippen molar-refractivity contribution in [1.29, 1.82) is 0 Å². The van der Waals surface area contributed by atoms with E-state index in [1.165, 1.54) is 25.5 Å². The number of ether oxygens (including phenoxy) is 2. The van der Waals surface area contributed by atoms with Crippen molar-refractivity contribution in [2.24, 2.45) is 5.10 Å². The molecule has 0 saturated carbocycles. The van der Waals surface area contributed by atoms with Crippen LogP contribution in [0, 0.1) is 0 Å². The molecule has 0 aliphatic carbocycles. The minimum absolute atomic E-state index is 0.113. The summed E-state index contributed by atoms with van der Waals surface area (Å²) in [6, 6.07) is 16.0. The Bertz CT molecular complexity index is 1280. The third-order valence-electron chi connectivity index (χ3n) is 4.24. The lowest BCUT2D eigenvalue weighted by molar-refractivity contribution is -0.136. The van der Waals surface area contributed by atoms with E-state index in [0.29, 0.717) is 11.1 Å². The maximum absolute atomic E-state index is 12.4. The first-order valence-electron chi connectivity index (χ1n) is 9.52. The molecule has 34 heavy (non-hydrogen) atoms. The molecule has 2 amide bonds. The van der Waals surface area contributed by atoms with Crippen LogP contribution in [0.5, 0.6) is 11.5 Å². The first-order chi connectivity index (χ1) is 16.3. The molecule has 0 spiro atoms. The van der Waals surface area contributed by atoms with Crippen molar-refractivity contribution in [3.05, 3.63) is 86.3 Å². The van der Waals surface area contributed by atoms with Gasteiger partial charge in [0.1, 0.15) is 0 Å². The predicted molar refractivity (Wildman–Crippen MR) is 133 cm³/mol. The molecule has 0 radical (unpaired) electrons. The summed E-state index contributed by atoms with van der Waals surface area (Å²) in [7, 11) is 1.42. The molecule has 0 heterocycles. The second-order valence-electron chi connectivity index (χ2n) is 6.56. The minimum atomic E-state index is -1.01. The summed E-state index contributed by atoms with van der Waals surface area (Å²) >= 11 is 15.2. The average molecular weight is 565 g/mol. The molecule has 0 saturated heterocycles. The number of benzene rings is 3. The zero-order valence-electron chi connectivity index (χ0n) is 17.5. The van der Waals surface area contributed by atoms with Crippen LogP contribution in [0.4, 0.5) is 5.69 Å². The summed E-state index contributed by atoms with van der Waals surface area (Å²) in [4.78, 5) is 36.4. The first-order valence-corrected chi connectivity index (χ1v) is 11.1. The number of esters is 1. The van der Waals surface area contributed by atoms with Crippen molar-refractivity contribution in [2.45, 2.75) is 0 Å². The van der Waals surface area contributed by atoms with Gasteiger partial charge in [-0.3, -0.25) is 9.59 Å². The molecule has 0 aliphatic rings. The van der Waals surface area contributed by atoms with Crippen LogP contribution in [-0.2, 0) is 9.59 Å². The van der Waals surface area contributed by atoms with E-state index in [0.717, 1.165) is 4.47 Å². The van der Waals surface area contributed by atoms with Crippen LogP contribution in [0.1, 0.15) is 15.9 Å². The number of rotatable bonds is 6. The van der Waals surface area contributed by atoms with Crippen LogP contribution in [0.25, 0.3) is 0 Å². The van der Waals surface area contributed by atoms with E-state index in [-0.39, 0.29) is 27.2 Å². The fourth-order valence-electron chi connectivity index (χ4n) is 2.62. The van der Waals surface area contributed by atoms with Crippen molar-refractivity contribution >= 4 is 68.8 Å². The van der Waals surface area contributed by atoms with Crippen LogP contribution >= 0.6 is 39.1 Å². The van der Waals surface area contributed by atoms with Gasteiger partial charge in [0.2, 0.25) is 0 Å². The Morgan fingerprint density at radius 3 is 2.47 bits per heavy atom. The zero-order valence-corrected chi connectivity index (χ0v) is 20.6. The number of amides is 2. The minimum Gasteiger partial charge on any atom is -0.493 e. The van der Waals surface area contributed by atoms with Gasteiger partial charge in [0.15, 0.2) is 11.5 Å². The topological polar surface area (TPSA) is 106 Å². The van der Waals surface area contributed by atoms with Gasteiger partial charge in [0.05, 0.1) is 34.6 Å². The molecule has 3 aromatic carbocycles. The Hall–Kier alpha value is -3.40. The SMILES string of the molecule is COc1cc(/C=N/NC(=O)C(=O)Nc2cccc(Cl)c2Cl)ccc1OC(=O)c1cccc(Br)c1. The summed E-state index contributed by atoms with van der Waals surface area (Å²) in [5, 5.41) is 6.45. The van der Waals surface area contributed by atoms with Gasteiger partial charge in [-0.25, -0.2) is 10.2 Å². The highest BCUT2D eigenvalue weighted by molar-refractivity contribution is 9.10. The maximum Gasteiger partial charge on any atom is 0.343 e. The van der Waals surface area contributed by atoms with Crippen LogP contribution in [-0.4, -0.2) is 31.1 Å². The highest BCUT2D eigenvalue weighted by Crippen LogP contribution is 2.30. The van der Waals surface area contributed by atoms with Crippen molar-refractivity contribution in [3.63, 3.8) is 0 Å². The van der Waals surface area contributed by atoms with E-state index in [4.69, 9.17) is 32.7 Å².